The first-order valence-corrected chi connectivity index (χ1v) is 10.3. The van der Waals surface area contributed by atoms with Crippen molar-refractivity contribution in [3.05, 3.63) is 64.7 Å². The Morgan fingerprint density at radius 3 is 2.61 bits per heavy atom. The lowest BCUT2D eigenvalue weighted by atomic mass is 10.1. The number of benzene rings is 2. The summed E-state index contributed by atoms with van der Waals surface area (Å²) in [4.78, 5) is 19.9. The van der Waals surface area contributed by atoms with Crippen LogP contribution in [0.25, 0.3) is 5.70 Å². The van der Waals surface area contributed by atoms with Crippen LogP contribution in [-0.2, 0) is 4.79 Å². The Labute approximate surface area is 168 Å². The van der Waals surface area contributed by atoms with Crippen LogP contribution in [0.5, 0.6) is 0 Å². The number of carbonyl (C=O) groups excluding carboxylic acids is 1. The Bertz CT molecular complexity index is 1050. The van der Waals surface area contributed by atoms with Gasteiger partial charge in [-0.2, -0.15) is 0 Å². The van der Waals surface area contributed by atoms with Crippen LogP contribution >= 0.6 is 11.8 Å². The summed E-state index contributed by atoms with van der Waals surface area (Å²) in [5.41, 5.74) is 2.66. The third-order valence-corrected chi connectivity index (χ3v) is 5.74. The van der Waals surface area contributed by atoms with E-state index < -0.39 is 0 Å². The standard InChI is InChI=1S/C21H23N5OS/c1-4-13-28-21-23-20(27)18-16-7-5-6-8-17(16)22-19(26(18)24-21)14-9-11-15(12-10-14)25(2)3/h5-12,19H,4,13H2,1-3H3,(H,23,24,27)/t19-/m0/s1. The van der Waals surface area contributed by atoms with Gasteiger partial charge in [-0.15, -0.1) is 5.10 Å². The van der Waals surface area contributed by atoms with Crippen LogP contribution in [0.2, 0.25) is 0 Å². The number of hydrogen-bond donors (Lipinski definition) is 1. The summed E-state index contributed by atoms with van der Waals surface area (Å²) < 4.78 is 0. The van der Waals surface area contributed by atoms with E-state index in [2.05, 4.69) is 41.4 Å². The molecular weight excluding hydrogens is 370 g/mol. The molecule has 0 aromatic heterocycles. The van der Waals surface area contributed by atoms with Crippen LogP contribution in [0.1, 0.15) is 25.1 Å². The summed E-state index contributed by atoms with van der Waals surface area (Å²) in [7, 11) is 4.03. The van der Waals surface area contributed by atoms with Crippen LogP contribution < -0.4 is 20.8 Å². The number of fused-ring (bicyclic) bond motifs is 2. The highest BCUT2D eigenvalue weighted by Gasteiger charge is 2.34. The van der Waals surface area contributed by atoms with Gasteiger partial charge in [0.05, 0.1) is 5.36 Å². The molecule has 0 fully saturated rings. The van der Waals surface area contributed by atoms with Crippen molar-refractivity contribution < 1.29 is 4.79 Å². The maximum Gasteiger partial charge on any atom is 0.276 e. The number of rotatable bonds is 4. The molecule has 0 radical (unpaired) electrons. The minimum atomic E-state index is -0.371. The van der Waals surface area contributed by atoms with E-state index in [1.165, 1.54) is 0 Å². The van der Waals surface area contributed by atoms with Gasteiger partial charge in [0.25, 0.3) is 5.91 Å². The van der Waals surface area contributed by atoms with Gasteiger partial charge in [-0.25, -0.2) is 5.01 Å². The van der Waals surface area contributed by atoms with Gasteiger partial charge in [-0.05, 0) is 30.2 Å². The van der Waals surface area contributed by atoms with Gasteiger partial charge >= 0.3 is 0 Å². The van der Waals surface area contributed by atoms with Gasteiger partial charge in [0.1, 0.15) is 5.70 Å². The maximum atomic E-state index is 13.0. The van der Waals surface area contributed by atoms with E-state index in [0.717, 1.165) is 34.0 Å². The van der Waals surface area contributed by atoms with E-state index >= 15 is 0 Å². The number of para-hydroxylation sites is 1. The summed E-state index contributed by atoms with van der Waals surface area (Å²) in [6.07, 6.45) is 0.642. The topological polar surface area (TPSA) is 60.3 Å². The third kappa shape index (κ3) is 3.38. The van der Waals surface area contributed by atoms with Crippen LogP contribution in [-0.4, -0.2) is 35.9 Å². The number of hydrogen-bond acceptors (Lipinski definition) is 6. The molecule has 2 heterocycles. The van der Waals surface area contributed by atoms with E-state index in [0.29, 0.717) is 10.9 Å². The van der Waals surface area contributed by atoms with Gasteiger partial charge in [-0.1, -0.05) is 49.0 Å². The van der Waals surface area contributed by atoms with Crippen molar-refractivity contribution in [3.63, 3.8) is 0 Å². The minimum Gasteiger partial charge on any atom is -0.378 e. The molecule has 0 aliphatic carbocycles. The third-order valence-electron chi connectivity index (χ3n) is 4.67. The lowest BCUT2D eigenvalue weighted by molar-refractivity contribution is -0.116. The van der Waals surface area contributed by atoms with Crippen molar-refractivity contribution in [3.8, 4) is 0 Å². The number of nitrogens with zero attached hydrogens (tertiary/aromatic N) is 4. The Balaban J connectivity index is 1.84. The molecule has 2 aliphatic heterocycles. The molecule has 1 atom stereocenters. The average Bonchev–Trinajstić information content (AvgIpc) is 2.71. The molecule has 2 aliphatic rings. The quantitative estimate of drug-likeness (QED) is 0.864. The summed E-state index contributed by atoms with van der Waals surface area (Å²) in [6.45, 7) is 2.11. The highest BCUT2D eigenvalue weighted by Crippen LogP contribution is 2.31. The molecular formula is C21H23N5OS. The first-order valence-electron chi connectivity index (χ1n) is 9.35. The molecule has 0 saturated heterocycles. The molecule has 2 aromatic carbocycles. The zero-order valence-electron chi connectivity index (χ0n) is 16.2. The first-order chi connectivity index (χ1) is 13.6. The molecule has 6 nitrogen and oxygen atoms in total. The van der Waals surface area contributed by atoms with E-state index in [1.54, 1.807) is 16.8 Å². The number of amides is 1. The molecule has 28 heavy (non-hydrogen) atoms. The van der Waals surface area contributed by atoms with E-state index in [1.807, 2.05) is 38.4 Å². The van der Waals surface area contributed by atoms with Crippen molar-refractivity contribution in [2.24, 2.45) is 10.1 Å². The SMILES string of the molecule is CCCSC1=NN2C(=c3ccccc3=N[C@@H]2c2ccc(N(C)C)cc2)C(=O)N1. The smallest absolute Gasteiger partial charge is 0.276 e. The monoisotopic (exact) mass is 393 g/mol. The molecule has 7 heteroatoms. The predicted molar refractivity (Wildman–Crippen MR) is 114 cm³/mol. The Kier molecular flexibility index (Phi) is 5.09. The number of amidine groups is 1. The van der Waals surface area contributed by atoms with E-state index in [-0.39, 0.29) is 12.1 Å². The minimum absolute atomic E-state index is 0.133. The Morgan fingerprint density at radius 1 is 1.14 bits per heavy atom. The first kappa shape index (κ1) is 18.6. The molecule has 4 rings (SSSR count). The molecule has 0 unspecified atom stereocenters. The normalized spacial score (nSPS) is 17.9. The number of hydrazone groups is 1. The van der Waals surface area contributed by atoms with Crippen molar-refractivity contribution in [2.75, 3.05) is 24.7 Å². The largest absolute Gasteiger partial charge is 0.378 e. The Hall–Kier alpha value is -2.80. The molecule has 0 spiro atoms. The zero-order chi connectivity index (χ0) is 19.7. The summed E-state index contributed by atoms with van der Waals surface area (Å²) in [6, 6.07) is 16.0. The molecule has 2 aromatic rings. The van der Waals surface area contributed by atoms with E-state index in [9.17, 15) is 4.79 Å². The fraction of sp³-hybridized carbons (Fsp3) is 0.286. The van der Waals surface area contributed by atoms with Crippen molar-refractivity contribution >= 4 is 34.2 Å². The lowest BCUT2D eigenvalue weighted by Crippen LogP contribution is -2.50. The van der Waals surface area contributed by atoms with Crippen LogP contribution in [0, 0.1) is 0 Å². The van der Waals surface area contributed by atoms with Gasteiger partial charge in [0, 0.05) is 30.8 Å². The second-order valence-electron chi connectivity index (χ2n) is 6.91. The molecule has 1 N–H and O–H groups in total. The fourth-order valence-corrected chi connectivity index (χ4v) is 3.96. The summed E-state index contributed by atoms with van der Waals surface area (Å²) >= 11 is 1.56. The van der Waals surface area contributed by atoms with Crippen LogP contribution in [0.15, 0.2) is 58.6 Å². The van der Waals surface area contributed by atoms with Gasteiger partial charge in [0.2, 0.25) is 0 Å². The number of anilines is 1. The maximum absolute atomic E-state index is 13.0. The molecule has 0 saturated carbocycles. The van der Waals surface area contributed by atoms with Gasteiger partial charge in [-0.3, -0.25) is 15.1 Å². The highest BCUT2D eigenvalue weighted by atomic mass is 32.2. The van der Waals surface area contributed by atoms with Gasteiger partial charge < -0.3 is 4.90 Å². The van der Waals surface area contributed by atoms with Crippen molar-refractivity contribution in [1.29, 1.82) is 0 Å². The second-order valence-corrected chi connectivity index (χ2v) is 7.99. The molecule has 1 amide bonds. The van der Waals surface area contributed by atoms with Crippen molar-refractivity contribution in [1.82, 2.24) is 10.3 Å². The lowest BCUT2D eigenvalue weighted by Gasteiger charge is -2.34. The summed E-state index contributed by atoms with van der Waals surface area (Å²) in [5, 5.41) is 11.7. The van der Waals surface area contributed by atoms with Crippen LogP contribution in [0.3, 0.4) is 0 Å². The average molecular weight is 394 g/mol. The highest BCUT2D eigenvalue weighted by molar-refractivity contribution is 8.13. The number of nitrogens with one attached hydrogen (secondary N) is 1. The second kappa shape index (κ2) is 7.67. The number of thioether (sulfide) groups is 1. The van der Waals surface area contributed by atoms with E-state index in [4.69, 9.17) is 10.1 Å². The van der Waals surface area contributed by atoms with Gasteiger partial charge in [0.15, 0.2) is 11.3 Å². The number of carbonyl (C=O) groups is 1. The van der Waals surface area contributed by atoms with Crippen LogP contribution in [0.4, 0.5) is 5.69 Å². The van der Waals surface area contributed by atoms with Crippen molar-refractivity contribution in [2.45, 2.75) is 19.5 Å². The molecule has 144 valence electrons. The zero-order valence-corrected chi connectivity index (χ0v) is 17.0. The Morgan fingerprint density at radius 2 is 1.89 bits per heavy atom. The molecule has 0 bridgehead atoms. The predicted octanol–water partition coefficient (Wildman–Crippen LogP) is 2.04. The fourth-order valence-electron chi connectivity index (χ4n) is 3.25. The summed E-state index contributed by atoms with van der Waals surface area (Å²) in [5.74, 6) is 0.768.